The molecule has 6 heteroatoms. The van der Waals surface area contributed by atoms with Crippen molar-refractivity contribution in [2.75, 3.05) is 0 Å². The van der Waals surface area contributed by atoms with Gasteiger partial charge in [-0.05, 0) is 17.0 Å². The molecule has 0 spiro atoms. The summed E-state index contributed by atoms with van der Waals surface area (Å²) in [5, 5.41) is 18.1. The quantitative estimate of drug-likeness (QED) is 0.320. The number of rotatable bonds is 3. The third-order valence-electron chi connectivity index (χ3n) is 6.27. The summed E-state index contributed by atoms with van der Waals surface area (Å²) in [6, 6.07) is 31.6. The summed E-state index contributed by atoms with van der Waals surface area (Å²) in [4.78, 5) is 9.42. The van der Waals surface area contributed by atoms with Crippen molar-refractivity contribution in [1.29, 1.82) is 0 Å². The normalized spacial score (nSPS) is 11.5. The maximum absolute atomic E-state index is 11.0. The number of phenols is 1. The molecule has 3 aromatic heterocycles. The van der Waals surface area contributed by atoms with Gasteiger partial charge in [-0.1, -0.05) is 91.0 Å². The summed E-state index contributed by atoms with van der Waals surface area (Å²) in [7, 11) is 0. The zero-order valence-corrected chi connectivity index (χ0v) is 18.5. The van der Waals surface area contributed by atoms with Crippen molar-refractivity contribution in [3.63, 3.8) is 0 Å². The molecular weight excluding hydrogens is 436 g/mol. The molecule has 166 valence electrons. The highest BCUT2D eigenvalue weighted by molar-refractivity contribution is 6.07. The van der Waals surface area contributed by atoms with Gasteiger partial charge in [0.1, 0.15) is 17.8 Å². The fourth-order valence-electron chi connectivity index (χ4n) is 4.62. The molecule has 0 unspecified atom stereocenters. The van der Waals surface area contributed by atoms with E-state index in [4.69, 9.17) is 9.40 Å². The molecule has 0 saturated heterocycles. The molecule has 7 rings (SSSR count). The molecule has 0 fully saturated rings. The summed E-state index contributed by atoms with van der Waals surface area (Å²) >= 11 is 0. The third-order valence-corrected chi connectivity index (χ3v) is 6.27. The Bertz CT molecular complexity index is 1850. The van der Waals surface area contributed by atoms with Crippen LogP contribution in [0.4, 0.5) is 0 Å². The first-order chi connectivity index (χ1) is 17.3. The van der Waals surface area contributed by atoms with Crippen LogP contribution in [-0.4, -0.2) is 24.7 Å². The van der Waals surface area contributed by atoms with Crippen molar-refractivity contribution in [2.24, 2.45) is 0 Å². The maximum atomic E-state index is 11.0. The molecule has 3 heterocycles. The van der Waals surface area contributed by atoms with Crippen LogP contribution in [0.2, 0.25) is 0 Å². The van der Waals surface area contributed by atoms with E-state index in [9.17, 15) is 5.11 Å². The second-order valence-electron chi connectivity index (χ2n) is 8.35. The summed E-state index contributed by atoms with van der Waals surface area (Å²) in [6.07, 6.45) is 1.60. The van der Waals surface area contributed by atoms with Crippen LogP contribution in [0.1, 0.15) is 0 Å². The number of benzene rings is 4. The average molecular weight is 454 g/mol. The molecule has 35 heavy (non-hydrogen) atoms. The minimum atomic E-state index is 0.156. The van der Waals surface area contributed by atoms with Crippen molar-refractivity contribution >= 4 is 27.5 Å². The van der Waals surface area contributed by atoms with E-state index < -0.39 is 0 Å². The lowest BCUT2D eigenvalue weighted by Crippen LogP contribution is -1.90. The van der Waals surface area contributed by atoms with E-state index in [1.165, 1.54) is 0 Å². The molecule has 7 aromatic rings. The Kier molecular flexibility index (Phi) is 4.20. The fraction of sp³-hybridized carbons (Fsp3) is 0. The van der Waals surface area contributed by atoms with Crippen molar-refractivity contribution in [3.05, 3.63) is 103 Å². The van der Waals surface area contributed by atoms with Crippen LogP contribution in [0.5, 0.6) is 5.75 Å². The highest BCUT2D eigenvalue weighted by Crippen LogP contribution is 2.42. The van der Waals surface area contributed by atoms with Gasteiger partial charge in [0, 0.05) is 16.5 Å². The molecule has 6 nitrogen and oxygen atoms in total. The standard InChI is InChI=1S/C29H18N4O2/c34-25-21-14-8-7-9-18(21)15-16-22(25)27-31-28-24-23(19-10-3-1-4-11-19)26(20-12-5-2-6-13-20)35-29(24)30-17-33(28)32-27/h1-17,34H. The summed E-state index contributed by atoms with van der Waals surface area (Å²) in [6.45, 7) is 0. The minimum absolute atomic E-state index is 0.156. The lowest BCUT2D eigenvalue weighted by atomic mass is 9.99. The molecule has 1 N–H and O–H groups in total. The molecule has 0 amide bonds. The number of aromatic hydroxyl groups is 1. The predicted molar refractivity (Wildman–Crippen MR) is 136 cm³/mol. The Labute approximate surface area is 199 Å². The Morgan fingerprint density at radius 2 is 1.46 bits per heavy atom. The van der Waals surface area contributed by atoms with Crippen molar-refractivity contribution in [2.45, 2.75) is 0 Å². The number of aromatic nitrogens is 4. The van der Waals surface area contributed by atoms with E-state index in [2.05, 4.69) is 10.1 Å². The highest BCUT2D eigenvalue weighted by Gasteiger charge is 2.23. The van der Waals surface area contributed by atoms with E-state index in [1.807, 2.05) is 97.1 Å². The molecule has 0 radical (unpaired) electrons. The lowest BCUT2D eigenvalue weighted by Gasteiger charge is -2.04. The van der Waals surface area contributed by atoms with Gasteiger partial charge in [-0.3, -0.25) is 0 Å². The number of phenolic OH excluding ortho intramolecular Hbond substituents is 1. The summed E-state index contributed by atoms with van der Waals surface area (Å²) < 4.78 is 7.94. The van der Waals surface area contributed by atoms with Gasteiger partial charge >= 0.3 is 0 Å². The molecule has 0 aliphatic heterocycles. The van der Waals surface area contributed by atoms with Crippen molar-refractivity contribution in [3.8, 4) is 39.6 Å². The Balaban J connectivity index is 1.53. The maximum Gasteiger partial charge on any atom is 0.232 e. The second-order valence-corrected chi connectivity index (χ2v) is 8.35. The summed E-state index contributed by atoms with van der Waals surface area (Å²) in [5.74, 6) is 1.30. The number of hydrogen-bond acceptors (Lipinski definition) is 5. The summed E-state index contributed by atoms with van der Waals surface area (Å²) in [5.41, 5.74) is 4.52. The van der Waals surface area contributed by atoms with E-state index in [0.717, 1.165) is 38.6 Å². The highest BCUT2D eigenvalue weighted by atomic mass is 16.3. The smallest absolute Gasteiger partial charge is 0.232 e. The first kappa shape index (κ1) is 19.5. The SMILES string of the molecule is Oc1c(-c2nc3c4c(-c5ccccc5)c(-c5ccccc5)oc4ncn3n2)ccc2ccccc12. The zero-order chi connectivity index (χ0) is 23.4. The predicted octanol–water partition coefficient (Wildman–Crippen LogP) is 6.73. The monoisotopic (exact) mass is 454 g/mol. The zero-order valence-electron chi connectivity index (χ0n) is 18.5. The van der Waals surface area contributed by atoms with Crippen molar-refractivity contribution < 1.29 is 9.52 Å². The van der Waals surface area contributed by atoms with Gasteiger partial charge in [0.15, 0.2) is 11.5 Å². The topological polar surface area (TPSA) is 76.5 Å². The molecule has 4 aromatic carbocycles. The number of hydrogen-bond donors (Lipinski definition) is 1. The Hall–Kier alpha value is -4.97. The second kappa shape index (κ2) is 7.53. The van der Waals surface area contributed by atoms with Crippen LogP contribution in [0.15, 0.2) is 108 Å². The van der Waals surface area contributed by atoms with E-state index in [0.29, 0.717) is 22.7 Å². The van der Waals surface area contributed by atoms with Crippen LogP contribution in [0.25, 0.3) is 61.4 Å². The molecular formula is C29H18N4O2. The van der Waals surface area contributed by atoms with Gasteiger partial charge in [0.05, 0.1) is 10.9 Å². The molecule has 0 saturated carbocycles. The van der Waals surface area contributed by atoms with Crippen LogP contribution < -0.4 is 0 Å². The molecule has 0 aliphatic carbocycles. The number of fused-ring (bicyclic) bond motifs is 4. The number of furan rings is 1. The average Bonchev–Trinajstić information content (AvgIpc) is 3.52. The van der Waals surface area contributed by atoms with E-state index in [-0.39, 0.29) is 5.75 Å². The van der Waals surface area contributed by atoms with E-state index in [1.54, 1.807) is 10.8 Å². The Morgan fingerprint density at radius 1 is 0.743 bits per heavy atom. The van der Waals surface area contributed by atoms with Crippen molar-refractivity contribution in [1.82, 2.24) is 19.6 Å². The first-order valence-electron chi connectivity index (χ1n) is 11.3. The van der Waals surface area contributed by atoms with Crippen LogP contribution >= 0.6 is 0 Å². The Morgan fingerprint density at radius 3 is 2.26 bits per heavy atom. The van der Waals surface area contributed by atoms with Gasteiger partial charge in [-0.25, -0.2) is 14.5 Å². The minimum Gasteiger partial charge on any atom is -0.507 e. The van der Waals surface area contributed by atoms with Gasteiger partial charge in [0.2, 0.25) is 5.71 Å². The van der Waals surface area contributed by atoms with Gasteiger partial charge in [-0.2, -0.15) is 0 Å². The fourth-order valence-corrected chi connectivity index (χ4v) is 4.62. The molecule has 0 atom stereocenters. The van der Waals surface area contributed by atoms with Gasteiger partial charge < -0.3 is 9.52 Å². The van der Waals surface area contributed by atoms with Crippen LogP contribution in [-0.2, 0) is 0 Å². The first-order valence-corrected chi connectivity index (χ1v) is 11.3. The largest absolute Gasteiger partial charge is 0.507 e. The van der Waals surface area contributed by atoms with E-state index >= 15 is 0 Å². The lowest BCUT2D eigenvalue weighted by molar-refractivity contribution is 0.483. The number of nitrogens with zero attached hydrogens (tertiary/aromatic N) is 4. The molecule has 0 aliphatic rings. The van der Waals surface area contributed by atoms with Gasteiger partial charge in [-0.15, -0.1) is 5.10 Å². The van der Waals surface area contributed by atoms with Gasteiger partial charge in [0.25, 0.3) is 0 Å². The van der Waals surface area contributed by atoms with Crippen LogP contribution in [0, 0.1) is 0 Å². The third kappa shape index (κ3) is 3.00. The molecule has 0 bridgehead atoms. The van der Waals surface area contributed by atoms with Crippen LogP contribution in [0.3, 0.4) is 0 Å².